The molecule has 0 saturated heterocycles. The van der Waals surface area contributed by atoms with Gasteiger partial charge < -0.3 is 10.2 Å². The van der Waals surface area contributed by atoms with Crippen LogP contribution in [0.1, 0.15) is 18.9 Å². The van der Waals surface area contributed by atoms with E-state index < -0.39 is 11.8 Å². The van der Waals surface area contributed by atoms with Crippen LogP contribution in [0.15, 0.2) is 54.6 Å². The van der Waals surface area contributed by atoms with E-state index in [9.17, 15) is 14.0 Å². The van der Waals surface area contributed by atoms with Crippen molar-refractivity contribution in [1.82, 2.24) is 5.32 Å². The first kappa shape index (κ1) is 17.7. The fourth-order valence-corrected chi connectivity index (χ4v) is 2.40. The summed E-state index contributed by atoms with van der Waals surface area (Å²) in [5.41, 5.74) is 1.70. The van der Waals surface area contributed by atoms with Crippen molar-refractivity contribution in [2.45, 2.75) is 19.8 Å². The number of hydrogen-bond donors (Lipinski definition) is 1. The third-order valence-corrected chi connectivity index (χ3v) is 3.66. The molecule has 0 bridgehead atoms. The van der Waals surface area contributed by atoms with E-state index in [0.29, 0.717) is 18.8 Å². The van der Waals surface area contributed by atoms with Crippen LogP contribution in [0.3, 0.4) is 0 Å². The first-order valence-corrected chi connectivity index (χ1v) is 8.01. The molecule has 2 amide bonds. The SMILES string of the molecule is CCN(C(=O)C(=O)NCCCc1ccccc1)c1ccc(F)cc1. The summed E-state index contributed by atoms with van der Waals surface area (Å²) in [6, 6.07) is 15.5. The van der Waals surface area contributed by atoms with E-state index in [4.69, 9.17) is 0 Å². The van der Waals surface area contributed by atoms with Gasteiger partial charge in [-0.15, -0.1) is 0 Å². The van der Waals surface area contributed by atoms with Crippen LogP contribution in [0.2, 0.25) is 0 Å². The van der Waals surface area contributed by atoms with Gasteiger partial charge in [0.15, 0.2) is 0 Å². The van der Waals surface area contributed by atoms with Crippen LogP contribution in [0, 0.1) is 5.82 Å². The van der Waals surface area contributed by atoms with Crippen molar-refractivity contribution in [3.05, 3.63) is 66.0 Å². The Morgan fingerprint density at radius 1 is 1.04 bits per heavy atom. The molecule has 1 N–H and O–H groups in total. The summed E-state index contributed by atoms with van der Waals surface area (Å²) in [5, 5.41) is 2.64. The van der Waals surface area contributed by atoms with Crippen LogP contribution in [0.5, 0.6) is 0 Å². The van der Waals surface area contributed by atoms with Crippen molar-refractivity contribution in [1.29, 1.82) is 0 Å². The van der Waals surface area contributed by atoms with Crippen LogP contribution < -0.4 is 10.2 Å². The molecule has 126 valence electrons. The van der Waals surface area contributed by atoms with Gasteiger partial charge in [0, 0.05) is 18.8 Å². The smallest absolute Gasteiger partial charge is 0.316 e. The third-order valence-electron chi connectivity index (χ3n) is 3.66. The summed E-state index contributed by atoms with van der Waals surface area (Å²) >= 11 is 0. The standard InChI is InChI=1S/C19H21FN2O2/c1-2-22(17-12-10-16(20)11-13-17)19(24)18(23)21-14-6-9-15-7-4-3-5-8-15/h3-5,7-8,10-13H,2,6,9,14H2,1H3,(H,21,23). The monoisotopic (exact) mass is 328 g/mol. The third kappa shape index (κ3) is 4.91. The fourth-order valence-electron chi connectivity index (χ4n) is 2.40. The summed E-state index contributed by atoms with van der Waals surface area (Å²) in [7, 11) is 0. The number of carbonyl (C=O) groups excluding carboxylic acids is 2. The highest BCUT2D eigenvalue weighted by atomic mass is 19.1. The molecule has 0 fully saturated rings. The Balaban J connectivity index is 1.84. The normalized spacial score (nSPS) is 10.2. The fraction of sp³-hybridized carbons (Fsp3) is 0.263. The van der Waals surface area contributed by atoms with E-state index in [2.05, 4.69) is 5.32 Å². The number of anilines is 1. The lowest BCUT2D eigenvalue weighted by atomic mass is 10.1. The molecule has 2 rings (SSSR count). The second kappa shape index (κ2) is 8.82. The molecule has 5 heteroatoms. The van der Waals surface area contributed by atoms with E-state index in [1.807, 2.05) is 30.3 Å². The minimum absolute atomic E-state index is 0.335. The molecule has 0 radical (unpaired) electrons. The highest BCUT2D eigenvalue weighted by molar-refractivity contribution is 6.40. The summed E-state index contributed by atoms with van der Waals surface area (Å²) < 4.78 is 13.0. The molecule has 0 aliphatic rings. The minimum Gasteiger partial charge on any atom is -0.348 e. The van der Waals surface area contributed by atoms with Gasteiger partial charge in [-0.2, -0.15) is 0 Å². The summed E-state index contributed by atoms with van der Waals surface area (Å²) in [4.78, 5) is 25.6. The Hall–Kier alpha value is -2.69. The lowest BCUT2D eigenvalue weighted by Crippen LogP contribution is -2.43. The van der Waals surface area contributed by atoms with Gasteiger partial charge >= 0.3 is 11.8 Å². The Labute approximate surface area is 141 Å². The molecular weight excluding hydrogens is 307 g/mol. The zero-order chi connectivity index (χ0) is 17.4. The van der Waals surface area contributed by atoms with Gasteiger partial charge in [-0.25, -0.2) is 4.39 Å². The quantitative estimate of drug-likeness (QED) is 0.655. The number of hydrogen-bond acceptors (Lipinski definition) is 2. The maximum Gasteiger partial charge on any atom is 0.316 e. The van der Waals surface area contributed by atoms with Gasteiger partial charge in [0.1, 0.15) is 5.82 Å². The predicted molar refractivity (Wildman–Crippen MR) is 92.2 cm³/mol. The summed E-state index contributed by atoms with van der Waals surface area (Å²) in [6.07, 6.45) is 1.59. The van der Waals surface area contributed by atoms with Crippen LogP contribution in [0.4, 0.5) is 10.1 Å². The predicted octanol–water partition coefficient (Wildman–Crippen LogP) is 2.93. The molecule has 0 heterocycles. The van der Waals surface area contributed by atoms with E-state index in [-0.39, 0.29) is 5.82 Å². The van der Waals surface area contributed by atoms with Crippen LogP contribution in [0.25, 0.3) is 0 Å². The van der Waals surface area contributed by atoms with Crippen molar-refractivity contribution >= 4 is 17.5 Å². The van der Waals surface area contributed by atoms with Gasteiger partial charge in [0.25, 0.3) is 0 Å². The number of nitrogens with one attached hydrogen (secondary N) is 1. The maximum absolute atomic E-state index is 13.0. The first-order valence-electron chi connectivity index (χ1n) is 8.01. The number of carbonyl (C=O) groups is 2. The lowest BCUT2D eigenvalue weighted by Gasteiger charge is -2.20. The number of likely N-dealkylation sites (N-methyl/N-ethyl adjacent to an activating group) is 1. The van der Waals surface area contributed by atoms with E-state index >= 15 is 0 Å². The average Bonchev–Trinajstić information content (AvgIpc) is 2.61. The average molecular weight is 328 g/mol. The molecule has 0 spiro atoms. The minimum atomic E-state index is -0.644. The van der Waals surface area contributed by atoms with Crippen molar-refractivity contribution in [2.75, 3.05) is 18.0 Å². The van der Waals surface area contributed by atoms with Gasteiger partial charge in [-0.1, -0.05) is 30.3 Å². The molecule has 24 heavy (non-hydrogen) atoms. The molecule has 0 atom stereocenters. The van der Waals surface area contributed by atoms with Crippen LogP contribution in [-0.2, 0) is 16.0 Å². The van der Waals surface area contributed by atoms with Crippen molar-refractivity contribution in [2.24, 2.45) is 0 Å². The largest absolute Gasteiger partial charge is 0.348 e. The van der Waals surface area contributed by atoms with Crippen molar-refractivity contribution in [3.63, 3.8) is 0 Å². The molecule has 0 saturated carbocycles. The number of benzene rings is 2. The summed E-state index contributed by atoms with van der Waals surface area (Å²) in [6.45, 7) is 2.53. The first-order chi connectivity index (χ1) is 11.6. The van der Waals surface area contributed by atoms with Crippen LogP contribution in [-0.4, -0.2) is 24.9 Å². The molecule has 0 unspecified atom stereocenters. The Kier molecular flexibility index (Phi) is 6.49. The van der Waals surface area contributed by atoms with Gasteiger partial charge in [0.05, 0.1) is 0 Å². The molecule has 4 nitrogen and oxygen atoms in total. The highest BCUT2D eigenvalue weighted by Gasteiger charge is 2.21. The number of rotatable bonds is 6. The molecule has 2 aromatic carbocycles. The van der Waals surface area contributed by atoms with Gasteiger partial charge in [-0.3, -0.25) is 9.59 Å². The molecular formula is C19H21FN2O2. The number of amides is 2. The second-order valence-electron chi connectivity index (χ2n) is 5.37. The Bertz CT molecular complexity index is 672. The van der Waals surface area contributed by atoms with Gasteiger partial charge in [0.2, 0.25) is 0 Å². The Morgan fingerprint density at radius 3 is 2.33 bits per heavy atom. The molecule has 0 aliphatic heterocycles. The Morgan fingerprint density at radius 2 is 1.71 bits per heavy atom. The topological polar surface area (TPSA) is 49.4 Å². The van der Waals surface area contributed by atoms with Crippen molar-refractivity contribution < 1.29 is 14.0 Å². The van der Waals surface area contributed by atoms with Crippen molar-refractivity contribution in [3.8, 4) is 0 Å². The lowest BCUT2D eigenvalue weighted by molar-refractivity contribution is -0.137. The molecule has 0 aliphatic carbocycles. The van der Waals surface area contributed by atoms with E-state index in [1.165, 1.54) is 34.7 Å². The van der Waals surface area contributed by atoms with Crippen LogP contribution >= 0.6 is 0 Å². The number of halogens is 1. The highest BCUT2D eigenvalue weighted by Crippen LogP contribution is 2.14. The maximum atomic E-state index is 13.0. The zero-order valence-electron chi connectivity index (χ0n) is 13.7. The van der Waals surface area contributed by atoms with E-state index in [1.54, 1.807) is 6.92 Å². The molecule has 0 aromatic heterocycles. The van der Waals surface area contributed by atoms with Gasteiger partial charge in [-0.05, 0) is 49.6 Å². The number of nitrogens with zero attached hydrogens (tertiary/aromatic N) is 1. The zero-order valence-corrected chi connectivity index (χ0v) is 13.7. The van der Waals surface area contributed by atoms with E-state index in [0.717, 1.165) is 12.8 Å². The second-order valence-corrected chi connectivity index (χ2v) is 5.37. The number of aryl methyl sites for hydroxylation is 1. The summed E-state index contributed by atoms with van der Waals surface area (Å²) in [5.74, 6) is -1.66. The molecule has 2 aromatic rings.